The molecule has 2 atom stereocenters. The van der Waals surface area contributed by atoms with Gasteiger partial charge in [-0.2, -0.15) is 0 Å². The monoisotopic (exact) mass is 437 g/mol. The minimum Gasteiger partial charge on any atom is -0.396 e. The van der Waals surface area contributed by atoms with E-state index < -0.39 is 0 Å². The predicted molar refractivity (Wildman–Crippen MR) is 139 cm³/mol. The van der Waals surface area contributed by atoms with Crippen LogP contribution in [0.1, 0.15) is 89.0 Å². The molecule has 0 saturated carbocycles. The molecule has 0 heterocycles. The lowest BCUT2D eigenvalue weighted by molar-refractivity contribution is 0.218. The van der Waals surface area contributed by atoms with Crippen molar-refractivity contribution in [1.82, 2.24) is 5.32 Å². The van der Waals surface area contributed by atoms with Crippen LogP contribution < -0.4 is 5.32 Å². The fourth-order valence-corrected chi connectivity index (χ4v) is 4.96. The smallest absolute Gasteiger partial charge is 0.0471 e. The summed E-state index contributed by atoms with van der Waals surface area (Å²) in [4.78, 5) is 0. The van der Waals surface area contributed by atoms with Crippen molar-refractivity contribution in [2.24, 2.45) is 10.8 Å². The lowest BCUT2D eigenvalue weighted by Gasteiger charge is -2.40. The Labute approximate surface area is 197 Å². The molecule has 2 heteroatoms. The molecule has 2 rings (SSSR count). The Balaban J connectivity index is 2.31. The molecule has 2 aromatic carbocycles. The highest BCUT2D eigenvalue weighted by Crippen LogP contribution is 2.42. The average molecular weight is 438 g/mol. The van der Waals surface area contributed by atoms with Crippen molar-refractivity contribution in [3.8, 4) is 0 Å². The highest BCUT2D eigenvalue weighted by atomic mass is 16.2. The standard InChI is InChI=1S/C30H47NO/c1-8-29(3,4)22-23-15-16-24(19-20-32)26(21-23)17-18-27(31-7)28(30(5,6)9-2)25-13-11-10-12-14-25/h10-16,21,27-28,31-32H,8-9,17-20,22H2,1-7H3. The lowest BCUT2D eigenvalue weighted by atomic mass is 9.68. The van der Waals surface area contributed by atoms with Crippen LogP contribution in [0.15, 0.2) is 48.5 Å². The number of benzene rings is 2. The Bertz CT molecular complexity index is 809. The molecule has 0 aliphatic rings. The minimum absolute atomic E-state index is 0.204. The van der Waals surface area contributed by atoms with Gasteiger partial charge in [0.25, 0.3) is 0 Å². The highest BCUT2D eigenvalue weighted by molar-refractivity contribution is 5.33. The third-order valence-electron chi connectivity index (χ3n) is 7.70. The SMILES string of the molecule is CCC(C)(C)Cc1ccc(CCO)c(CCC(NC)C(c2ccccc2)C(C)(C)CC)c1. The third-order valence-corrected chi connectivity index (χ3v) is 7.70. The molecule has 2 aromatic rings. The number of aliphatic hydroxyl groups is 1. The summed E-state index contributed by atoms with van der Waals surface area (Å²) < 4.78 is 0. The Morgan fingerprint density at radius 2 is 1.56 bits per heavy atom. The molecular weight excluding hydrogens is 390 g/mol. The second-order valence-electron chi connectivity index (χ2n) is 10.9. The molecule has 2 N–H and O–H groups in total. The average Bonchev–Trinajstić information content (AvgIpc) is 2.78. The molecule has 0 aliphatic carbocycles. The Kier molecular flexibility index (Phi) is 9.98. The molecule has 0 fully saturated rings. The number of hydrogen-bond donors (Lipinski definition) is 2. The number of aryl methyl sites for hydroxylation is 1. The molecule has 0 radical (unpaired) electrons. The molecule has 0 amide bonds. The highest BCUT2D eigenvalue weighted by Gasteiger charge is 2.34. The summed E-state index contributed by atoms with van der Waals surface area (Å²) in [5.41, 5.74) is 6.06. The topological polar surface area (TPSA) is 32.3 Å². The molecule has 0 saturated heterocycles. The van der Waals surface area contributed by atoms with Crippen LogP contribution in [0.3, 0.4) is 0 Å². The minimum atomic E-state index is 0.204. The van der Waals surface area contributed by atoms with Gasteiger partial charge in [-0.15, -0.1) is 0 Å². The van der Waals surface area contributed by atoms with E-state index in [1.165, 1.54) is 28.7 Å². The summed E-state index contributed by atoms with van der Waals surface area (Å²) in [7, 11) is 2.11. The maximum atomic E-state index is 9.62. The maximum Gasteiger partial charge on any atom is 0.0471 e. The summed E-state index contributed by atoms with van der Waals surface area (Å²) in [6.07, 6.45) is 6.26. The van der Waals surface area contributed by atoms with Crippen LogP contribution >= 0.6 is 0 Å². The van der Waals surface area contributed by atoms with Crippen LogP contribution in [0, 0.1) is 10.8 Å². The summed E-state index contributed by atoms with van der Waals surface area (Å²) in [5.74, 6) is 0.446. The largest absolute Gasteiger partial charge is 0.396 e. The molecule has 178 valence electrons. The van der Waals surface area contributed by atoms with Gasteiger partial charge in [0.05, 0.1) is 0 Å². The second-order valence-corrected chi connectivity index (χ2v) is 10.9. The summed E-state index contributed by atoms with van der Waals surface area (Å²) in [6.45, 7) is 14.3. The van der Waals surface area contributed by atoms with E-state index in [0.29, 0.717) is 17.4 Å². The van der Waals surface area contributed by atoms with E-state index in [-0.39, 0.29) is 12.0 Å². The van der Waals surface area contributed by atoms with E-state index in [4.69, 9.17) is 0 Å². The zero-order chi connectivity index (χ0) is 23.8. The molecule has 0 aliphatic heterocycles. The van der Waals surface area contributed by atoms with Gasteiger partial charge in [-0.1, -0.05) is 103 Å². The fourth-order valence-electron chi connectivity index (χ4n) is 4.96. The lowest BCUT2D eigenvalue weighted by Crippen LogP contribution is -2.40. The normalized spacial score (nSPS) is 14.4. The van der Waals surface area contributed by atoms with Gasteiger partial charge >= 0.3 is 0 Å². The van der Waals surface area contributed by atoms with Gasteiger partial charge in [0.1, 0.15) is 0 Å². The van der Waals surface area contributed by atoms with E-state index in [1.807, 2.05) is 0 Å². The third kappa shape index (κ3) is 7.18. The van der Waals surface area contributed by atoms with Gasteiger partial charge in [-0.25, -0.2) is 0 Å². The van der Waals surface area contributed by atoms with E-state index in [0.717, 1.165) is 32.1 Å². The first kappa shape index (κ1) is 26.6. The van der Waals surface area contributed by atoms with Crippen LogP contribution in [0.4, 0.5) is 0 Å². The molecule has 32 heavy (non-hydrogen) atoms. The number of likely N-dealkylation sites (N-methyl/N-ethyl adjacent to an activating group) is 1. The van der Waals surface area contributed by atoms with E-state index >= 15 is 0 Å². The first-order valence-corrected chi connectivity index (χ1v) is 12.6. The molecular formula is C30H47NO. The van der Waals surface area contributed by atoms with Crippen LogP contribution in [-0.2, 0) is 19.3 Å². The van der Waals surface area contributed by atoms with Crippen molar-refractivity contribution in [2.75, 3.05) is 13.7 Å². The van der Waals surface area contributed by atoms with Crippen molar-refractivity contribution in [3.05, 3.63) is 70.8 Å². The Hall–Kier alpha value is -1.64. The van der Waals surface area contributed by atoms with E-state index in [9.17, 15) is 5.11 Å². The van der Waals surface area contributed by atoms with Crippen LogP contribution in [0.5, 0.6) is 0 Å². The number of rotatable bonds is 13. The number of hydrogen-bond acceptors (Lipinski definition) is 2. The van der Waals surface area contributed by atoms with Gasteiger partial charge in [0.2, 0.25) is 0 Å². The molecule has 0 aromatic heterocycles. The molecule has 0 bridgehead atoms. The predicted octanol–water partition coefficient (Wildman–Crippen LogP) is 6.94. The van der Waals surface area contributed by atoms with Gasteiger partial charge in [-0.05, 0) is 65.8 Å². The van der Waals surface area contributed by atoms with Gasteiger partial charge in [0, 0.05) is 18.6 Å². The van der Waals surface area contributed by atoms with Crippen molar-refractivity contribution in [2.45, 2.75) is 92.0 Å². The maximum absolute atomic E-state index is 9.62. The van der Waals surface area contributed by atoms with Crippen molar-refractivity contribution >= 4 is 0 Å². The van der Waals surface area contributed by atoms with Gasteiger partial charge in [0.15, 0.2) is 0 Å². The zero-order valence-corrected chi connectivity index (χ0v) is 21.7. The van der Waals surface area contributed by atoms with Crippen molar-refractivity contribution < 1.29 is 5.11 Å². The zero-order valence-electron chi connectivity index (χ0n) is 21.7. The fraction of sp³-hybridized carbons (Fsp3) is 0.600. The van der Waals surface area contributed by atoms with Gasteiger partial charge in [-0.3, -0.25) is 0 Å². The summed E-state index contributed by atoms with van der Waals surface area (Å²) in [6, 6.07) is 18.4. The van der Waals surface area contributed by atoms with Crippen molar-refractivity contribution in [1.29, 1.82) is 0 Å². The first-order chi connectivity index (χ1) is 15.2. The molecule has 0 spiro atoms. The van der Waals surface area contributed by atoms with E-state index in [2.05, 4.69) is 102 Å². The summed E-state index contributed by atoms with van der Waals surface area (Å²) >= 11 is 0. The first-order valence-electron chi connectivity index (χ1n) is 12.6. The number of nitrogens with one attached hydrogen (secondary N) is 1. The Morgan fingerprint density at radius 1 is 0.875 bits per heavy atom. The second kappa shape index (κ2) is 12.0. The molecule has 2 nitrogen and oxygen atoms in total. The number of aliphatic hydroxyl groups excluding tert-OH is 1. The van der Waals surface area contributed by atoms with Crippen LogP contribution in [0.2, 0.25) is 0 Å². The summed E-state index contributed by atoms with van der Waals surface area (Å²) in [5, 5.41) is 13.3. The van der Waals surface area contributed by atoms with E-state index in [1.54, 1.807) is 0 Å². The Morgan fingerprint density at radius 3 is 2.12 bits per heavy atom. The van der Waals surface area contributed by atoms with Crippen LogP contribution in [0.25, 0.3) is 0 Å². The van der Waals surface area contributed by atoms with Crippen LogP contribution in [-0.4, -0.2) is 24.8 Å². The van der Waals surface area contributed by atoms with Crippen molar-refractivity contribution in [3.63, 3.8) is 0 Å². The van der Waals surface area contributed by atoms with Gasteiger partial charge < -0.3 is 10.4 Å². The molecule has 2 unspecified atom stereocenters. The quantitative estimate of drug-likeness (QED) is 0.356.